The average Bonchev–Trinajstić information content (AvgIpc) is 3.21. The highest BCUT2D eigenvalue weighted by molar-refractivity contribution is 5.80. The molecule has 3 heterocycles. The summed E-state index contributed by atoms with van der Waals surface area (Å²) >= 11 is 0. The summed E-state index contributed by atoms with van der Waals surface area (Å²) in [4.78, 5) is 32.8. The first-order valence-electron chi connectivity index (χ1n) is 10.6. The lowest BCUT2D eigenvalue weighted by molar-refractivity contribution is -0.134. The maximum Gasteiger partial charge on any atom is 0.253 e. The number of amides is 1. The number of nitrogens with zero attached hydrogens (tertiary/aromatic N) is 2. The summed E-state index contributed by atoms with van der Waals surface area (Å²) < 4.78 is 5.48. The number of carbonyl (C=O) groups is 1. The first-order chi connectivity index (χ1) is 14.5. The molecule has 3 aromatic rings. The number of aromatic amines is 1. The number of aryl methyl sites for hydroxylation is 1. The number of H-pyrrole nitrogens is 1. The molecule has 1 N–H and O–H groups in total. The second-order valence-electron chi connectivity index (χ2n) is 8.53. The Kier molecular flexibility index (Phi) is 6.04. The Morgan fingerprint density at radius 3 is 2.90 bits per heavy atom. The molecule has 0 unspecified atom stereocenters. The van der Waals surface area contributed by atoms with Gasteiger partial charge in [-0.15, -0.1) is 0 Å². The van der Waals surface area contributed by atoms with Crippen molar-refractivity contribution in [2.75, 3.05) is 19.6 Å². The molecule has 30 heavy (non-hydrogen) atoms. The molecule has 4 rings (SSSR count). The van der Waals surface area contributed by atoms with Crippen molar-refractivity contribution in [1.29, 1.82) is 0 Å². The van der Waals surface area contributed by atoms with Crippen LogP contribution in [-0.4, -0.2) is 40.3 Å². The number of aromatic nitrogens is 1. The number of carbonyl (C=O) groups excluding carboxylic acids is 1. The van der Waals surface area contributed by atoms with E-state index < -0.39 is 0 Å². The third-order valence-corrected chi connectivity index (χ3v) is 5.82. The van der Waals surface area contributed by atoms with Crippen LogP contribution < -0.4 is 5.56 Å². The topological polar surface area (TPSA) is 69.5 Å². The molecule has 0 saturated carbocycles. The van der Waals surface area contributed by atoms with Crippen LogP contribution in [0.15, 0.2) is 51.9 Å². The summed E-state index contributed by atoms with van der Waals surface area (Å²) in [5.41, 5.74) is 2.36. The van der Waals surface area contributed by atoms with Gasteiger partial charge in [-0.05, 0) is 67.9 Å². The molecule has 158 valence electrons. The molecule has 1 fully saturated rings. The normalized spacial score (nSPS) is 17.3. The van der Waals surface area contributed by atoms with E-state index in [0.717, 1.165) is 36.0 Å². The minimum atomic E-state index is -0.157. The minimum Gasteiger partial charge on any atom is -0.467 e. The Balaban J connectivity index is 1.58. The third-order valence-electron chi connectivity index (χ3n) is 5.82. The van der Waals surface area contributed by atoms with Crippen molar-refractivity contribution in [1.82, 2.24) is 14.8 Å². The monoisotopic (exact) mass is 407 g/mol. The number of hydrogen-bond donors (Lipinski definition) is 1. The van der Waals surface area contributed by atoms with Crippen molar-refractivity contribution in [3.05, 3.63) is 69.9 Å². The zero-order valence-electron chi connectivity index (χ0n) is 17.7. The first-order valence-corrected chi connectivity index (χ1v) is 10.6. The van der Waals surface area contributed by atoms with Gasteiger partial charge < -0.3 is 14.3 Å². The second-order valence-corrected chi connectivity index (χ2v) is 8.53. The number of hydrogen-bond acceptors (Lipinski definition) is 4. The summed E-state index contributed by atoms with van der Waals surface area (Å²) in [6.45, 7) is 7.11. The molecule has 0 aliphatic carbocycles. The van der Waals surface area contributed by atoms with Crippen molar-refractivity contribution in [3.63, 3.8) is 0 Å². The lowest BCUT2D eigenvalue weighted by Gasteiger charge is -2.32. The fourth-order valence-electron chi connectivity index (χ4n) is 4.24. The van der Waals surface area contributed by atoms with Crippen molar-refractivity contribution < 1.29 is 9.21 Å². The zero-order chi connectivity index (χ0) is 21.1. The Hall–Kier alpha value is -2.86. The van der Waals surface area contributed by atoms with E-state index in [1.807, 2.05) is 43.3 Å². The molecule has 1 saturated heterocycles. The Labute approximate surface area is 176 Å². The largest absolute Gasteiger partial charge is 0.467 e. The fourth-order valence-corrected chi connectivity index (χ4v) is 4.24. The van der Waals surface area contributed by atoms with Gasteiger partial charge in [0.1, 0.15) is 5.76 Å². The molecule has 6 heteroatoms. The van der Waals surface area contributed by atoms with E-state index in [1.165, 1.54) is 6.42 Å². The predicted octanol–water partition coefficient (Wildman–Crippen LogP) is 3.69. The number of rotatable bonds is 6. The molecule has 1 aromatic carbocycles. The molecule has 6 nitrogen and oxygen atoms in total. The predicted molar refractivity (Wildman–Crippen MR) is 117 cm³/mol. The molecular weight excluding hydrogens is 378 g/mol. The van der Waals surface area contributed by atoms with Crippen molar-refractivity contribution >= 4 is 16.8 Å². The van der Waals surface area contributed by atoms with Crippen LogP contribution in [0.5, 0.6) is 0 Å². The lowest BCUT2D eigenvalue weighted by Crippen LogP contribution is -2.43. The average molecular weight is 408 g/mol. The van der Waals surface area contributed by atoms with E-state index in [0.29, 0.717) is 30.3 Å². The van der Waals surface area contributed by atoms with Crippen molar-refractivity contribution in [2.24, 2.45) is 5.92 Å². The van der Waals surface area contributed by atoms with Crippen LogP contribution in [0, 0.1) is 12.8 Å². The lowest BCUT2D eigenvalue weighted by atomic mass is 10.0. The number of furan rings is 1. The molecule has 0 radical (unpaired) electrons. The molecule has 1 atom stereocenters. The van der Waals surface area contributed by atoms with Crippen molar-refractivity contribution in [2.45, 2.75) is 39.8 Å². The fraction of sp³-hybridized carbons (Fsp3) is 0.417. The van der Waals surface area contributed by atoms with E-state index in [-0.39, 0.29) is 18.0 Å². The standard InChI is InChI=1S/C24H29N3O3/c1-17-7-8-22-19(11-17)12-20(24(29)25-22)14-27(15-21-6-4-10-30-21)23(28)16-26-9-3-5-18(2)13-26/h4,6-8,10-12,18H,3,5,9,13-16H2,1-2H3,(H,25,29)/t18-/m0/s1. The number of benzene rings is 1. The molecule has 0 spiro atoms. The van der Waals surface area contributed by atoms with Crippen LogP contribution >= 0.6 is 0 Å². The van der Waals surface area contributed by atoms with Gasteiger partial charge in [-0.2, -0.15) is 0 Å². The minimum absolute atomic E-state index is 0.0178. The van der Waals surface area contributed by atoms with Gasteiger partial charge in [0.15, 0.2) is 0 Å². The van der Waals surface area contributed by atoms with Crippen LogP contribution in [0.2, 0.25) is 0 Å². The van der Waals surface area contributed by atoms with E-state index in [4.69, 9.17) is 4.42 Å². The summed E-state index contributed by atoms with van der Waals surface area (Å²) in [5, 5.41) is 0.972. The van der Waals surface area contributed by atoms with Gasteiger partial charge in [0, 0.05) is 17.6 Å². The SMILES string of the molecule is Cc1ccc2[nH]c(=O)c(CN(Cc3ccco3)C(=O)CN3CCC[C@H](C)C3)cc2c1. The van der Waals surface area contributed by atoms with Gasteiger partial charge >= 0.3 is 0 Å². The summed E-state index contributed by atoms with van der Waals surface area (Å²) in [6.07, 6.45) is 3.94. The third kappa shape index (κ3) is 4.82. The van der Waals surface area contributed by atoms with E-state index in [9.17, 15) is 9.59 Å². The number of fused-ring (bicyclic) bond motifs is 1. The summed E-state index contributed by atoms with van der Waals surface area (Å²) in [6, 6.07) is 11.5. The van der Waals surface area contributed by atoms with Gasteiger partial charge in [-0.3, -0.25) is 14.5 Å². The van der Waals surface area contributed by atoms with Gasteiger partial charge in [0.05, 0.1) is 25.9 Å². The van der Waals surface area contributed by atoms with Gasteiger partial charge in [-0.25, -0.2) is 0 Å². The van der Waals surface area contributed by atoms with E-state index >= 15 is 0 Å². The van der Waals surface area contributed by atoms with Crippen LogP contribution in [0.1, 0.15) is 36.7 Å². The highest BCUT2D eigenvalue weighted by Crippen LogP contribution is 2.18. The maximum atomic E-state index is 13.2. The zero-order valence-corrected chi connectivity index (χ0v) is 17.7. The highest BCUT2D eigenvalue weighted by atomic mass is 16.3. The Bertz CT molecular complexity index is 1070. The molecule has 0 bridgehead atoms. The molecule has 1 amide bonds. The summed E-state index contributed by atoms with van der Waals surface area (Å²) in [7, 11) is 0. The van der Waals surface area contributed by atoms with E-state index in [2.05, 4.69) is 16.8 Å². The highest BCUT2D eigenvalue weighted by Gasteiger charge is 2.23. The van der Waals surface area contributed by atoms with Gasteiger partial charge in [-0.1, -0.05) is 18.6 Å². The first kappa shape index (κ1) is 20.4. The molecular formula is C24H29N3O3. The quantitative estimate of drug-likeness (QED) is 0.677. The Morgan fingerprint density at radius 1 is 1.27 bits per heavy atom. The van der Waals surface area contributed by atoms with Crippen LogP contribution in [0.3, 0.4) is 0 Å². The van der Waals surface area contributed by atoms with Gasteiger partial charge in [0.25, 0.3) is 5.56 Å². The number of nitrogens with one attached hydrogen (secondary N) is 1. The smallest absolute Gasteiger partial charge is 0.253 e. The van der Waals surface area contributed by atoms with Gasteiger partial charge in [0.2, 0.25) is 5.91 Å². The molecule has 2 aromatic heterocycles. The van der Waals surface area contributed by atoms with E-state index in [1.54, 1.807) is 11.2 Å². The maximum absolute atomic E-state index is 13.2. The van der Waals surface area contributed by atoms with Crippen LogP contribution in [0.25, 0.3) is 10.9 Å². The molecule has 1 aliphatic heterocycles. The Morgan fingerprint density at radius 2 is 2.13 bits per heavy atom. The number of likely N-dealkylation sites (tertiary alicyclic amines) is 1. The van der Waals surface area contributed by atoms with Crippen LogP contribution in [-0.2, 0) is 17.9 Å². The number of piperidine rings is 1. The second kappa shape index (κ2) is 8.88. The molecule has 1 aliphatic rings. The van der Waals surface area contributed by atoms with Crippen molar-refractivity contribution in [3.8, 4) is 0 Å². The van der Waals surface area contributed by atoms with Crippen LogP contribution in [0.4, 0.5) is 0 Å². The summed E-state index contributed by atoms with van der Waals surface area (Å²) in [5.74, 6) is 1.34. The number of pyridine rings is 1.